The van der Waals surface area contributed by atoms with Crippen LogP contribution in [0.2, 0.25) is 0 Å². The third-order valence-electron chi connectivity index (χ3n) is 2.23. The lowest BCUT2D eigenvalue weighted by atomic mass is 10.1. The molecule has 0 aromatic heterocycles. The molecule has 3 nitrogen and oxygen atoms in total. The van der Waals surface area contributed by atoms with Crippen molar-refractivity contribution >= 4 is 5.91 Å². The van der Waals surface area contributed by atoms with Gasteiger partial charge in [-0.2, -0.15) is 0 Å². The second kappa shape index (κ2) is 5.14. The molecule has 1 rings (SSSR count). The zero-order chi connectivity index (χ0) is 8.81. The predicted octanol–water partition coefficient (Wildman–Crippen LogP) is 0.512. The highest BCUT2D eigenvalue weighted by molar-refractivity contribution is 5.75. The summed E-state index contributed by atoms with van der Waals surface area (Å²) in [6, 6.07) is 0. The van der Waals surface area contributed by atoms with Crippen LogP contribution in [0.5, 0.6) is 0 Å². The van der Waals surface area contributed by atoms with Gasteiger partial charge in [-0.05, 0) is 31.8 Å². The Kier molecular flexibility index (Phi) is 4.08. The van der Waals surface area contributed by atoms with Crippen LogP contribution in [-0.4, -0.2) is 25.5 Å². The highest BCUT2D eigenvalue weighted by Gasteiger charge is 2.14. The summed E-state index contributed by atoms with van der Waals surface area (Å²) in [6.07, 6.45) is 2.81. The van der Waals surface area contributed by atoms with Crippen molar-refractivity contribution in [3.8, 4) is 0 Å². The van der Waals surface area contributed by atoms with E-state index in [4.69, 9.17) is 0 Å². The van der Waals surface area contributed by atoms with Crippen LogP contribution in [0.15, 0.2) is 0 Å². The van der Waals surface area contributed by atoms with Crippen LogP contribution in [0.3, 0.4) is 0 Å². The average molecular weight is 170 g/mol. The fraction of sp³-hybridized carbons (Fsp3) is 0.889. The maximum atomic E-state index is 11.1. The van der Waals surface area contributed by atoms with E-state index in [0.29, 0.717) is 12.3 Å². The van der Waals surface area contributed by atoms with Crippen molar-refractivity contribution in [2.24, 2.45) is 5.92 Å². The van der Waals surface area contributed by atoms with Crippen molar-refractivity contribution < 1.29 is 4.79 Å². The maximum absolute atomic E-state index is 11.1. The van der Waals surface area contributed by atoms with Crippen molar-refractivity contribution in [2.45, 2.75) is 26.2 Å². The van der Waals surface area contributed by atoms with Gasteiger partial charge < -0.3 is 10.6 Å². The fourth-order valence-electron chi connectivity index (χ4n) is 1.46. The molecule has 0 saturated carbocycles. The number of hydrogen-bond donors (Lipinski definition) is 2. The molecule has 70 valence electrons. The van der Waals surface area contributed by atoms with Crippen molar-refractivity contribution in [3.63, 3.8) is 0 Å². The van der Waals surface area contributed by atoms with Crippen LogP contribution in [0.1, 0.15) is 26.2 Å². The summed E-state index contributed by atoms with van der Waals surface area (Å²) in [5.41, 5.74) is 0. The predicted molar refractivity (Wildman–Crippen MR) is 48.9 cm³/mol. The highest BCUT2D eigenvalue weighted by atomic mass is 16.1. The van der Waals surface area contributed by atoms with Gasteiger partial charge in [-0.1, -0.05) is 6.92 Å². The van der Waals surface area contributed by atoms with Crippen molar-refractivity contribution in [2.75, 3.05) is 19.6 Å². The lowest BCUT2D eigenvalue weighted by Crippen LogP contribution is -2.29. The molecule has 1 aliphatic rings. The van der Waals surface area contributed by atoms with E-state index in [9.17, 15) is 4.79 Å². The molecule has 0 radical (unpaired) electrons. The quantitative estimate of drug-likeness (QED) is 0.645. The van der Waals surface area contributed by atoms with E-state index in [0.717, 1.165) is 26.1 Å². The molecular weight excluding hydrogens is 152 g/mol. The molecule has 1 amide bonds. The third kappa shape index (κ3) is 3.22. The SMILES string of the molecule is CCCC(=O)NC[C@H]1CCNC1. The maximum Gasteiger partial charge on any atom is 0.219 e. The molecule has 0 unspecified atom stereocenters. The Labute approximate surface area is 73.9 Å². The molecule has 1 atom stereocenters. The van der Waals surface area contributed by atoms with Gasteiger partial charge in [0.15, 0.2) is 0 Å². The minimum Gasteiger partial charge on any atom is -0.356 e. The normalized spacial score (nSPS) is 22.6. The Hall–Kier alpha value is -0.570. The van der Waals surface area contributed by atoms with E-state index in [-0.39, 0.29) is 5.91 Å². The van der Waals surface area contributed by atoms with Gasteiger partial charge in [0.05, 0.1) is 0 Å². The lowest BCUT2D eigenvalue weighted by Gasteiger charge is -2.08. The third-order valence-corrected chi connectivity index (χ3v) is 2.23. The Morgan fingerprint density at radius 1 is 1.67 bits per heavy atom. The minimum absolute atomic E-state index is 0.199. The van der Waals surface area contributed by atoms with Gasteiger partial charge in [-0.25, -0.2) is 0 Å². The summed E-state index contributed by atoms with van der Waals surface area (Å²) in [5.74, 6) is 0.857. The van der Waals surface area contributed by atoms with E-state index >= 15 is 0 Å². The number of carbonyl (C=O) groups is 1. The zero-order valence-corrected chi connectivity index (χ0v) is 7.73. The van der Waals surface area contributed by atoms with E-state index in [1.807, 2.05) is 6.92 Å². The lowest BCUT2D eigenvalue weighted by molar-refractivity contribution is -0.121. The molecule has 1 saturated heterocycles. The minimum atomic E-state index is 0.199. The average Bonchev–Trinajstić information content (AvgIpc) is 2.53. The highest BCUT2D eigenvalue weighted by Crippen LogP contribution is 2.05. The van der Waals surface area contributed by atoms with Gasteiger partial charge in [0, 0.05) is 13.0 Å². The van der Waals surface area contributed by atoms with Crippen LogP contribution in [-0.2, 0) is 4.79 Å². The Morgan fingerprint density at radius 2 is 2.50 bits per heavy atom. The number of amides is 1. The molecule has 1 heterocycles. The van der Waals surface area contributed by atoms with Gasteiger partial charge in [0.1, 0.15) is 0 Å². The molecule has 0 bridgehead atoms. The zero-order valence-electron chi connectivity index (χ0n) is 7.73. The summed E-state index contributed by atoms with van der Waals surface area (Å²) in [4.78, 5) is 11.1. The number of nitrogens with one attached hydrogen (secondary N) is 2. The van der Waals surface area contributed by atoms with E-state index < -0.39 is 0 Å². The summed E-state index contributed by atoms with van der Waals surface area (Å²) in [5, 5.41) is 6.22. The van der Waals surface area contributed by atoms with Crippen molar-refractivity contribution in [3.05, 3.63) is 0 Å². The number of carbonyl (C=O) groups excluding carboxylic acids is 1. The largest absolute Gasteiger partial charge is 0.356 e. The van der Waals surface area contributed by atoms with Crippen LogP contribution in [0.25, 0.3) is 0 Å². The summed E-state index contributed by atoms with van der Waals surface area (Å²) in [6.45, 7) is 5.04. The fourth-order valence-corrected chi connectivity index (χ4v) is 1.46. The molecular formula is C9H18N2O. The first kappa shape index (κ1) is 9.52. The summed E-state index contributed by atoms with van der Waals surface area (Å²) < 4.78 is 0. The molecule has 3 heteroatoms. The first-order valence-electron chi connectivity index (χ1n) is 4.80. The molecule has 2 N–H and O–H groups in total. The van der Waals surface area contributed by atoms with Crippen LogP contribution >= 0.6 is 0 Å². The van der Waals surface area contributed by atoms with Gasteiger partial charge in [0.2, 0.25) is 5.91 Å². The van der Waals surface area contributed by atoms with Crippen LogP contribution < -0.4 is 10.6 Å². The first-order chi connectivity index (χ1) is 5.83. The summed E-state index contributed by atoms with van der Waals surface area (Å²) in [7, 11) is 0. The molecule has 1 aliphatic heterocycles. The molecule has 0 aromatic carbocycles. The Bertz CT molecular complexity index is 141. The second-order valence-corrected chi connectivity index (χ2v) is 3.41. The molecule has 0 spiro atoms. The standard InChI is InChI=1S/C9H18N2O/c1-2-3-9(12)11-7-8-4-5-10-6-8/h8,10H,2-7H2,1H3,(H,11,12)/t8-/m0/s1. The van der Waals surface area contributed by atoms with Gasteiger partial charge in [0.25, 0.3) is 0 Å². The van der Waals surface area contributed by atoms with Gasteiger partial charge in [-0.15, -0.1) is 0 Å². The second-order valence-electron chi connectivity index (χ2n) is 3.41. The molecule has 0 aliphatic carbocycles. The monoisotopic (exact) mass is 170 g/mol. The smallest absolute Gasteiger partial charge is 0.219 e. The van der Waals surface area contributed by atoms with E-state index in [1.54, 1.807) is 0 Å². The van der Waals surface area contributed by atoms with Crippen molar-refractivity contribution in [1.29, 1.82) is 0 Å². The summed E-state index contributed by atoms with van der Waals surface area (Å²) >= 11 is 0. The molecule has 12 heavy (non-hydrogen) atoms. The van der Waals surface area contributed by atoms with Crippen molar-refractivity contribution in [1.82, 2.24) is 10.6 Å². The van der Waals surface area contributed by atoms with Gasteiger partial charge in [-0.3, -0.25) is 4.79 Å². The van der Waals surface area contributed by atoms with E-state index in [2.05, 4.69) is 10.6 Å². The van der Waals surface area contributed by atoms with Gasteiger partial charge >= 0.3 is 0 Å². The van der Waals surface area contributed by atoms with Crippen LogP contribution in [0.4, 0.5) is 0 Å². The topological polar surface area (TPSA) is 41.1 Å². The molecule has 0 aromatic rings. The number of rotatable bonds is 4. The van der Waals surface area contributed by atoms with E-state index in [1.165, 1.54) is 6.42 Å². The first-order valence-corrected chi connectivity index (χ1v) is 4.80. The van der Waals surface area contributed by atoms with Crippen LogP contribution in [0, 0.1) is 5.92 Å². The number of hydrogen-bond acceptors (Lipinski definition) is 2. The molecule has 1 fully saturated rings. The Morgan fingerprint density at radius 3 is 3.08 bits per heavy atom. The Balaban J connectivity index is 2.03.